The van der Waals surface area contributed by atoms with Crippen LogP contribution in [-0.2, 0) is 14.3 Å². The Morgan fingerprint density at radius 3 is 2.61 bits per heavy atom. The predicted molar refractivity (Wildman–Crippen MR) is 172 cm³/mol. The Hall–Kier alpha value is -4.38. The van der Waals surface area contributed by atoms with Crippen LogP contribution in [0.4, 0.5) is 0 Å². The number of benzene rings is 2. The Morgan fingerprint density at radius 1 is 0.977 bits per heavy atom. The zero-order valence-electron chi connectivity index (χ0n) is 25.2. The van der Waals surface area contributed by atoms with Gasteiger partial charge in [-0.25, -0.2) is 4.79 Å². The van der Waals surface area contributed by atoms with Gasteiger partial charge in [-0.1, -0.05) is 68.2 Å². The summed E-state index contributed by atoms with van der Waals surface area (Å²) in [7, 11) is 0. The third kappa shape index (κ3) is 5.29. The zero-order chi connectivity index (χ0) is 30.2. The first-order chi connectivity index (χ1) is 21.5. The first-order valence-electron chi connectivity index (χ1n) is 16.0. The van der Waals surface area contributed by atoms with Crippen LogP contribution >= 0.6 is 0 Å². The highest BCUT2D eigenvalue weighted by atomic mass is 16.5. The highest BCUT2D eigenvalue weighted by Gasteiger charge is 2.43. The van der Waals surface area contributed by atoms with E-state index in [0.29, 0.717) is 36.3 Å². The molecule has 0 amide bonds. The molecule has 0 radical (unpaired) electrons. The molecular formula is C39H38O5. The van der Waals surface area contributed by atoms with Crippen LogP contribution in [0.3, 0.4) is 0 Å². The van der Waals surface area contributed by atoms with Crippen LogP contribution in [0.1, 0.15) is 63.4 Å². The van der Waals surface area contributed by atoms with Gasteiger partial charge in [-0.15, -0.1) is 0 Å². The average molecular weight is 587 g/mol. The minimum atomic E-state index is -0.473. The molecule has 224 valence electrons. The van der Waals surface area contributed by atoms with Gasteiger partial charge in [0.2, 0.25) is 0 Å². The van der Waals surface area contributed by atoms with Gasteiger partial charge < -0.3 is 14.2 Å². The van der Waals surface area contributed by atoms with Crippen LogP contribution in [0, 0.1) is 17.8 Å². The van der Waals surface area contributed by atoms with E-state index in [1.807, 2.05) is 19.1 Å². The summed E-state index contributed by atoms with van der Waals surface area (Å²) in [4.78, 5) is 24.0. The molecule has 2 aromatic rings. The number of allylic oxidation sites excluding steroid dienone is 10. The van der Waals surface area contributed by atoms with E-state index in [-0.39, 0.29) is 18.0 Å². The number of esters is 2. The number of fused-ring (bicyclic) bond motifs is 5. The second-order valence-corrected chi connectivity index (χ2v) is 12.3. The number of hydrogen-bond donors (Lipinski definition) is 0. The maximum atomic E-state index is 12.1. The van der Waals surface area contributed by atoms with Crippen molar-refractivity contribution in [3.63, 3.8) is 0 Å². The predicted octanol–water partition coefficient (Wildman–Crippen LogP) is 8.75. The molecule has 1 heterocycles. The molecule has 44 heavy (non-hydrogen) atoms. The van der Waals surface area contributed by atoms with Crippen LogP contribution in [0.25, 0.3) is 10.8 Å². The molecule has 4 aliphatic carbocycles. The quantitative estimate of drug-likeness (QED) is 0.147. The summed E-state index contributed by atoms with van der Waals surface area (Å²) in [5.41, 5.74) is 5.08. The van der Waals surface area contributed by atoms with Crippen molar-refractivity contribution >= 4 is 22.7 Å². The van der Waals surface area contributed by atoms with E-state index in [4.69, 9.17) is 14.2 Å². The van der Waals surface area contributed by atoms with Crippen LogP contribution in [0.15, 0.2) is 114 Å². The molecule has 0 spiro atoms. The lowest BCUT2D eigenvalue weighted by Gasteiger charge is -2.44. The van der Waals surface area contributed by atoms with E-state index in [2.05, 4.69) is 73.4 Å². The summed E-state index contributed by atoms with van der Waals surface area (Å²) in [6.07, 6.45) is 25.4. The second-order valence-electron chi connectivity index (χ2n) is 12.3. The van der Waals surface area contributed by atoms with E-state index in [1.54, 1.807) is 0 Å². The van der Waals surface area contributed by atoms with Gasteiger partial charge in [0.1, 0.15) is 23.4 Å². The lowest BCUT2D eigenvalue weighted by molar-refractivity contribution is -0.139. The van der Waals surface area contributed by atoms with Crippen LogP contribution in [0.5, 0.6) is 11.5 Å². The van der Waals surface area contributed by atoms with Gasteiger partial charge in [0, 0.05) is 36.8 Å². The third-order valence-electron chi connectivity index (χ3n) is 9.79. The standard InChI is InChI=1S/C39H38O5/c1-3-35(40)42-29-16-18-31-27(22-29)14-20-33-38(31)37(26-12-10-25(11-13-26)24-8-6-5-7-9-24)39-32-19-17-30(43-36(41)4-2)23-28(32)15-21-34(39)44-33/h3,5-8,10,12,14-16,18,20,22-26,34,37H,1,4,9,11,13,17,19,21H2,2H3. The minimum Gasteiger partial charge on any atom is -0.485 e. The first-order valence-corrected chi connectivity index (χ1v) is 16.0. The van der Waals surface area contributed by atoms with Gasteiger partial charge in [-0.2, -0.15) is 0 Å². The van der Waals surface area contributed by atoms with Gasteiger partial charge in [-0.05, 0) is 95.2 Å². The molecule has 2 aromatic carbocycles. The summed E-state index contributed by atoms with van der Waals surface area (Å²) < 4.78 is 17.9. The topological polar surface area (TPSA) is 61.8 Å². The highest BCUT2D eigenvalue weighted by Crippen LogP contribution is 2.55. The van der Waals surface area contributed by atoms with Gasteiger partial charge in [0.25, 0.3) is 0 Å². The molecule has 1 aliphatic heterocycles. The van der Waals surface area contributed by atoms with E-state index in [9.17, 15) is 9.59 Å². The Bertz CT molecular complexity index is 1710. The molecule has 5 atom stereocenters. The zero-order valence-corrected chi connectivity index (χ0v) is 25.2. The molecule has 0 aromatic heterocycles. The molecule has 5 unspecified atom stereocenters. The fourth-order valence-corrected chi connectivity index (χ4v) is 7.70. The Balaban J connectivity index is 1.33. The first kappa shape index (κ1) is 28.4. The number of hydrogen-bond acceptors (Lipinski definition) is 5. The molecule has 7 rings (SSSR count). The fraction of sp³-hybridized carbons (Fsp3) is 0.333. The summed E-state index contributed by atoms with van der Waals surface area (Å²) >= 11 is 0. The molecule has 0 saturated carbocycles. The lowest BCUT2D eigenvalue weighted by Crippen LogP contribution is -2.36. The summed E-state index contributed by atoms with van der Waals surface area (Å²) in [6.45, 7) is 5.35. The Morgan fingerprint density at radius 2 is 1.84 bits per heavy atom. The van der Waals surface area contributed by atoms with Crippen molar-refractivity contribution in [2.24, 2.45) is 17.8 Å². The summed E-state index contributed by atoms with van der Waals surface area (Å²) in [6, 6.07) is 10.0. The SMILES string of the molecule is C=CC(=O)Oc1ccc2c3c(ccc2c1)OC1CC=C2C=C(OC(=O)CC)CCC2=C1C3C1C=CC(C2C=CC=CC2)CC1. The van der Waals surface area contributed by atoms with Gasteiger partial charge in [0.15, 0.2) is 0 Å². The Labute approximate surface area is 259 Å². The molecule has 5 aliphatic rings. The second kappa shape index (κ2) is 12.0. The van der Waals surface area contributed by atoms with Crippen molar-refractivity contribution in [3.05, 3.63) is 120 Å². The van der Waals surface area contributed by atoms with Crippen molar-refractivity contribution in [1.82, 2.24) is 0 Å². The van der Waals surface area contributed by atoms with E-state index >= 15 is 0 Å². The number of carbonyl (C=O) groups excluding carboxylic acids is 2. The molecule has 0 bridgehead atoms. The monoisotopic (exact) mass is 586 g/mol. The molecule has 5 nitrogen and oxygen atoms in total. The van der Waals surface area contributed by atoms with E-state index < -0.39 is 5.97 Å². The maximum Gasteiger partial charge on any atom is 0.335 e. The summed E-state index contributed by atoms with van der Waals surface area (Å²) in [5.74, 6) is 3.11. The van der Waals surface area contributed by atoms with Crippen LogP contribution in [-0.4, -0.2) is 18.0 Å². The fourth-order valence-electron chi connectivity index (χ4n) is 7.70. The van der Waals surface area contributed by atoms with Crippen LogP contribution in [0.2, 0.25) is 0 Å². The molecular weight excluding hydrogens is 548 g/mol. The van der Waals surface area contributed by atoms with Crippen molar-refractivity contribution in [2.45, 2.75) is 63.9 Å². The summed E-state index contributed by atoms with van der Waals surface area (Å²) in [5, 5.41) is 2.13. The largest absolute Gasteiger partial charge is 0.485 e. The van der Waals surface area contributed by atoms with Crippen LogP contribution < -0.4 is 9.47 Å². The molecule has 0 saturated heterocycles. The van der Waals surface area contributed by atoms with Crippen molar-refractivity contribution in [2.75, 3.05) is 0 Å². The number of carbonyl (C=O) groups is 2. The Kier molecular flexibility index (Phi) is 7.71. The van der Waals surface area contributed by atoms with Crippen molar-refractivity contribution in [1.29, 1.82) is 0 Å². The average Bonchev–Trinajstić information content (AvgIpc) is 3.07. The van der Waals surface area contributed by atoms with Crippen molar-refractivity contribution < 1.29 is 23.8 Å². The van der Waals surface area contributed by atoms with Gasteiger partial charge in [0.05, 0.1) is 0 Å². The highest BCUT2D eigenvalue weighted by molar-refractivity contribution is 5.92. The smallest absolute Gasteiger partial charge is 0.335 e. The molecule has 0 fully saturated rings. The molecule has 5 heteroatoms. The number of ether oxygens (including phenoxy) is 3. The van der Waals surface area contributed by atoms with Crippen molar-refractivity contribution in [3.8, 4) is 11.5 Å². The van der Waals surface area contributed by atoms with Gasteiger partial charge in [-0.3, -0.25) is 4.79 Å². The van der Waals surface area contributed by atoms with Gasteiger partial charge >= 0.3 is 11.9 Å². The lowest BCUT2D eigenvalue weighted by atomic mass is 9.65. The normalized spacial score (nSPS) is 26.9. The van der Waals surface area contributed by atoms with E-state index in [0.717, 1.165) is 60.0 Å². The minimum absolute atomic E-state index is 0.0257. The number of rotatable bonds is 6. The molecule has 0 N–H and O–H groups in total. The maximum absolute atomic E-state index is 12.1. The van der Waals surface area contributed by atoms with E-state index in [1.165, 1.54) is 22.8 Å². The third-order valence-corrected chi connectivity index (χ3v) is 9.79.